The van der Waals surface area contributed by atoms with E-state index in [4.69, 9.17) is 9.84 Å². The minimum absolute atomic E-state index is 0.222. The van der Waals surface area contributed by atoms with Gasteiger partial charge in [-0.15, -0.1) is 0 Å². The van der Waals surface area contributed by atoms with Gasteiger partial charge in [0.25, 0.3) is 0 Å². The average molecular weight is 213 g/mol. The molecule has 0 amide bonds. The molecule has 1 aliphatic carbocycles. The topological polar surface area (TPSA) is 49.8 Å². The lowest BCUT2D eigenvalue weighted by Crippen LogP contribution is -2.27. The molecule has 0 bridgehead atoms. The first-order valence-corrected chi connectivity index (χ1v) is 5.27. The molecule has 0 aliphatic heterocycles. The molecule has 0 radical (unpaired) electrons. The molecule has 1 N–H and O–H groups in total. The standard InChI is InChI=1S/C11H19NO3/c1-9(11(13)14)7-12(2)5-6-15-8-10-3-4-10/h10H,1,3-8H2,2H3,(H,13,14). The molecule has 0 unspecified atom stereocenters. The summed E-state index contributed by atoms with van der Waals surface area (Å²) >= 11 is 0. The summed E-state index contributed by atoms with van der Waals surface area (Å²) in [6.45, 7) is 6.14. The van der Waals surface area contributed by atoms with Crippen LogP contribution in [0.25, 0.3) is 0 Å². The molecular weight excluding hydrogens is 194 g/mol. The third-order valence-corrected chi connectivity index (χ3v) is 2.43. The lowest BCUT2D eigenvalue weighted by Gasteiger charge is -2.16. The Labute approximate surface area is 90.5 Å². The minimum atomic E-state index is -0.930. The maximum absolute atomic E-state index is 10.5. The largest absolute Gasteiger partial charge is 0.478 e. The van der Waals surface area contributed by atoms with E-state index >= 15 is 0 Å². The summed E-state index contributed by atoms with van der Waals surface area (Å²) in [5.74, 6) is -0.148. The maximum Gasteiger partial charge on any atom is 0.332 e. The van der Waals surface area contributed by atoms with Gasteiger partial charge >= 0.3 is 5.97 Å². The van der Waals surface area contributed by atoms with Crippen molar-refractivity contribution in [1.82, 2.24) is 4.90 Å². The van der Waals surface area contributed by atoms with E-state index in [1.165, 1.54) is 12.8 Å². The van der Waals surface area contributed by atoms with Crippen LogP contribution in [0.3, 0.4) is 0 Å². The molecular formula is C11H19NO3. The molecule has 86 valence electrons. The van der Waals surface area contributed by atoms with Crippen LogP contribution < -0.4 is 0 Å². The molecule has 1 saturated carbocycles. The molecule has 0 spiro atoms. The normalized spacial score (nSPS) is 15.6. The van der Waals surface area contributed by atoms with Gasteiger partial charge in [0.1, 0.15) is 0 Å². The molecule has 4 heteroatoms. The molecule has 0 heterocycles. The van der Waals surface area contributed by atoms with Crippen LogP contribution in [0.5, 0.6) is 0 Å². The van der Waals surface area contributed by atoms with Crippen LogP contribution in [-0.2, 0) is 9.53 Å². The van der Waals surface area contributed by atoms with Gasteiger partial charge in [-0.1, -0.05) is 6.58 Å². The molecule has 0 aromatic heterocycles. The van der Waals surface area contributed by atoms with E-state index in [1.807, 2.05) is 11.9 Å². The Kier molecular flexibility index (Phi) is 4.78. The number of rotatable bonds is 8. The molecule has 1 rings (SSSR count). The van der Waals surface area contributed by atoms with Gasteiger partial charge < -0.3 is 9.84 Å². The first-order chi connectivity index (χ1) is 7.09. The van der Waals surface area contributed by atoms with Crippen LogP contribution in [0.2, 0.25) is 0 Å². The highest BCUT2D eigenvalue weighted by atomic mass is 16.5. The summed E-state index contributed by atoms with van der Waals surface area (Å²) in [7, 11) is 1.87. The van der Waals surface area contributed by atoms with Crippen LogP contribution in [0, 0.1) is 5.92 Å². The summed E-state index contributed by atoms with van der Waals surface area (Å²) in [4.78, 5) is 12.4. The first-order valence-electron chi connectivity index (χ1n) is 5.27. The summed E-state index contributed by atoms with van der Waals surface area (Å²) in [5.41, 5.74) is 0.222. The Bertz CT molecular complexity index is 236. The second-order valence-corrected chi connectivity index (χ2v) is 4.16. The fraction of sp³-hybridized carbons (Fsp3) is 0.727. The third kappa shape index (κ3) is 5.54. The van der Waals surface area contributed by atoms with Crippen LogP contribution in [0.4, 0.5) is 0 Å². The zero-order valence-electron chi connectivity index (χ0n) is 9.24. The quantitative estimate of drug-likeness (QED) is 0.482. The second-order valence-electron chi connectivity index (χ2n) is 4.16. The van der Waals surface area contributed by atoms with Gasteiger partial charge in [0.15, 0.2) is 0 Å². The van der Waals surface area contributed by atoms with Crippen molar-refractivity contribution in [3.05, 3.63) is 12.2 Å². The van der Waals surface area contributed by atoms with Crippen molar-refractivity contribution in [2.45, 2.75) is 12.8 Å². The first kappa shape index (κ1) is 12.2. The highest BCUT2D eigenvalue weighted by Crippen LogP contribution is 2.28. The lowest BCUT2D eigenvalue weighted by atomic mass is 10.3. The van der Waals surface area contributed by atoms with E-state index in [-0.39, 0.29) is 5.57 Å². The fourth-order valence-corrected chi connectivity index (χ4v) is 1.23. The Hall–Kier alpha value is -0.870. The number of aliphatic carboxylic acids is 1. The summed E-state index contributed by atoms with van der Waals surface area (Å²) in [6.07, 6.45) is 2.59. The zero-order valence-corrected chi connectivity index (χ0v) is 9.24. The predicted octanol–water partition coefficient (Wildman–Crippen LogP) is 0.986. The molecule has 1 aliphatic rings. The third-order valence-electron chi connectivity index (χ3n) is 2.43. The van der Waals surface area contributed by atoms with Gasteiger partial charge in [-0.05, 0) is 25.8 Å². The van der Waals surface area contributed by atoms with Crippen molar-refractivity contribution >= 4 is 5.97 Å². The number of carboxylic acid groups (broad SMARTS) is 1. The number of ether oxygens (including phenoxy) is 1. The molecule has 0 aromatic carbocycles. The van der Waals surface area contributed by atoms with Gasteiger partial charge in [-0.25, -0.2) is 4.79 Å². The number of carboxylic acids is 1. The van der Waals surface area contributed by atoms with Gasteiger partial charge in [-0.2, -0.15) is 0 Å². The number of likely N-dealkylation sites (N-methyl/N-ethyl adjacent to an activating group) is 1. The summed E-state index contributed by atoms with van der Waals surface area (Å²) < 4.78 is 5.45. The van der Waals surface area contributed by atoms with E-state index in [0.717, 1.165) is 19.1 Å². The van der Waals surface area contributed by atoms with E-state index in [9.17, 15) is 4.79 Å². The van der Waals surface area contributed by atoms with Crippen LogP contribution in [0.1, 0.15) is 12.8 Å². The van der Waals surface area contributed by atoms with Crippen molar-refractivity contribution in [2.24, 2.45) is 5.92 Å². The predicted molar refractivity (Wildman–Crippen MR) is 57.8 cm³/mol. The van der Waals surface area contributed by atoms with Gasteiger partial charge in [0, 0.05) is 25.3 Å². The SMILES string of the molecule is C=C(CN(C)CCOCC1CC1)C(=O)O. The minimum Gasteiger partial charge on any atom is -0.478 e. The fourth-order valence-electron chi connectivity index (χ4n) is 1.23. The number of carbonyl (C=O) groups is 1. The number of hydrogen-bond acceptors (Lipinski definition) is 3. The average Bonchev–Trinajstić information content (AvgIpc) is 2.95. The Balaban J connectivity index is 1.99. The monoisotopic (exact) mass is 213 g/mol. The molecule has 0 aromatic rings. The van der Waals surface area contributed by atoms with E-state index in [0.29, 0.717) is 13.2 Å². The van der Waals surface area contributed by atoms with Gasteiger partial charge in [-0.3, -0.25) is 4.90 Å². The Morgan fingerprint density at radius 3 is 2.80 bits per heavy atom. The van der Waals surface area contributed by atoms with Crippen LogP contribution in [0.15, 0.2) is 12.2 Å². The second kappa shape index (κ2) is 5.88. The molecule has 4 nitrogen and oxygen atoms in total. The van der Waals surface area contributed by atoms with E-state index in [1.54, 1.807) is 0 Å². The van der Waals surface area contributed by atoms with Gasteiger partial charge in [0.2, 0.25) is 0 Å². The van der Waals surface area contributed by atoms with Crippen LogP contribution >= 0.6 is 0 Å². The Morgan fingerprint density at radius 1 is 1.60 bits per heavy atom. The highest BCUT2D eigenvalue weighted by Gasteiger charge is 2.20. The van der Waals surface area contributed by atoms with Crippen molar-refractivity contribution in [1.29, 1.82) is 0 Å². The number of nitrogens with zero attached hydrogens (tertiary/aromatic N) is 1. The summed E-state index contributed by atoms with van der Waals surface area (Å²) in [5, 5.41) is 8.63. The highest BCUT2D eigenvalue weighted by molar-refractivity contribution is 5.86. The van der Waals surface area contributed by atoms with E-state index < -0.39 is 5.97 Å². The van der Waals surface area contributed by atoms with Crippen molar-refractivity contribution in [3.8, 4) is 0 Å². The van der Waals surface area contributed by atoms with Crippen molar-refractivity contribution < 1.29 is 14.6 Å². The molecule has 0 saturated heterocycles. The van der Waals surface area contributed by atoms with Crippen molar-refractivity contribution in [2.75, 3.05) is 33.4 Å². The van der Waals surface area contributed by atoms with E-state index in [2.05, 4.69) is 6.58 Å². The Morgan fingerprint density at radius 2 is 2.27 bits per heavy atom. The lowest BCUT2D eigenvalue weighted by molar-refractivity contribution is -0.132. The van der Waals surface area contributed by atoms with Gasteiger partial charge in [0.05, 0.1) is 6.61 Å². The molecule has 0 atom stereocenters. The molecule has 15 heavy (non-hydrogen) atoms. The smallest absolute Gasteiger partial charge is 0.332 e. The summed E-state index contributed by atoms with van der Waals surface area (Å²) in [6, 6.07) is 0. The van der Waals surface area contributed by atoms with Crippen LogP contribution in [-0.4, -0.2) is 49.3 Å². The zero-order chi connectivity index (χ0) is 11.3. The van der Waals surface area contributed by atoms with Crippen molar-refractivity contribution in [3.63, 3.8) is 0 Å². The maximum atomic E-state index is 10.5. The number of hydrogen-bond donors (Lipinski definition) is 1. The molecule has 1 fully saturated rings.